The van der Waals surface area contributed by atoms with E-state index in [9.17, 15) is 15.0 Å². The molecule has 1 unspecified atom stereocenters. The average Bonchev–Trinajstić information content (AvgIpc) is 2.94. The quantitative estimate of drug-likeness (QED) is 0.782. The summed E-state index contributed by atoms with van der Waals surface area (Å²) < 4.78 is 11.6. The fraction of sp³-hybridized carbons (Fsp3) is 0.632. The molecule has 2 aliphatic heterocycles. The second kappa shape index (κ2) is 5.19. The Balaban J connectivity index is 2.04. The standard InChI is InChI=1S/C19H25NO5/c1-10-5-6-13(24-4)16-15(10)18-7-8-20(3)11(2)19(18,23)14(22)9-12(21)17(18)25-16/h5-6,11,14,17,22-23H,7-9H2,1-4H3/t11-,14?,17+,18+,19+/m1/s1. The highest BCUT2D eigenvalue weighted by molar-refractivity contribution is 5.90. The number of hydrogen-bond acceptors (Lipinski definition) is 6. The van der Waals surface area contributed by atoms with Gasteiger partial charge in [0.1, 0.15) is 5.60 Å². The van der Waals surface area contributed by atoms with Crippen LogP contribution in [0.1, 0.15) is 30.9 Å². The minimum atomic E-state index is -1.47. The van der Waals surface area contributed by atoms with Crippen LogP contribution >= 0.6 is 0 Å². The predicted octanol–water partition coefficient (Wildman–Crippen LogP) is 0.791. The lowest BCUT2D eigenvalue weighted by Gasteiger charge is -2.60. The first-order chi connectivity index (χ1) is 11.8. The third kappa shape index (κ3) is 1.77. The van der Waals surface area contributed by atoms with Crippen molar-refractivity contribution < 1.29 is 24.5 Å². The Labute approximate surface area is 147 Å². The van der Waals surface area contributed by atoms with Crippen molar-refractivity contribution in [3.63, 3.8) is 0 Å². The summed E-state index contributed by atoms with van der Waals surface area (Å²) in [6, 6.07) is 3.43. The van der Waals surface area contributed by atoms with E-state index in [2.05, 4.69) is 0 Å². The van der Waals surface area contributed by atoms with Gasteiger partial charge in [-0.05, 0) is 45.5 Å². The lowest BCUT2D eigenvalue weighted by atomic mass is 9.51. The van der Waals surface area contributed by atoms with Crippen molar-refractivity contribution in [2.45, 2.75) is 56.0 Å². The molecule has 1 aromatic rings. The van der Waals surface area contributed by atoms with E-state index in [0.717, 1.165) is 11.1 Å². The van der Waals surface area contributed by atoms with E-state index in [1.807, 2.05) is 37.9 Å². The van der Waals surface area contributed by atoms with Gasteiger partial charge in [-0.25, -0.2) is 0 Å². The Morgan fingerprint density at radius 2 is 2.12 bits per heavy atom. The van der Waals surface area contributed by atoms with Crippen LogP contribution in [-0.4, -0.2) is 65.4 Å². The minimum Gasteiger partial charge on any atom is -0.493 e. The molecule has 6 heteroatoms. The van der Waals surface area contributed by atoms with E-state index in [1.165, 1.54) is 0 Å². The summed E-state index contributed by atoms with van der Waals surface area (Å²) in [5, 5.41) is 22.7. The summed E-state index contributed by atoms with van der Waals surface area (Å²) >= 11 is 0. The number of benzene rings is 1. The molecule has 25 heavy (non-hydrogen) atoms. The maximum atomic E-state index is 12.8. The second-order valence-electron chi connectivity index (χ2n) is 7.68. The van der Waals surface area contributed by atoms with Crippen LogP contribution in [0.2, 0.25) is 0 Å². The highest BCUT2D eigenvalue weighted by Crippen LogP contribution is 2.61. The van der Waals surface area contributed by atoms with Crippen molar-refractivity contribution in [2.75, 3.05) is 20.7 Å². The van der Waals surface area contributed by atoms with Gasteiger partial charge in [0.2, 0.25) is 0 Å². The number of ether oxygens (including phenoxy) is 2. The molecule has 2 N–H and O–H groups in total. The number of Topliss-reactive ketones (excluding diaryl/α,β-unsaturated/α-hetero) is 1. The predicted molar refractivity (Wildman–Crippen MR) is 91.1 cm³/mol. The van der Waals surface area contributed by atoms with E-state index < -0.39 is 23.2 Å². The lowest BCUT2D eigenvalue weighted by molar-refractivity contribution is -0.219. The molecule has 2 heterocycles. The molecular weight excluding hydrogens is 322 g/mol. The maximum absolute atomic E-state index is 12.8. The number of rotatable bonds is 1. The smallest absolute Gasteiger partial charge is 0.177 e. The van der Waals surface area contributed by atoms with Crippen LogP contribution in [0.15, 0.2) is 12.1 Å². The summed E-state index contributed by atoms with van der Waals surface area (Å²) in [4.78, 5) is 14.8. The first-order valence-electron chi connectivity index (χ1n) is 8.77. The Hall–Kier alpha value is -1.63. The number of carbonyl (C=O) groups excluding carboxylic acids is 1. The highest BCUT2D eigenvalue weighted by Gasteiger charge is 2.73. The van der Waals surface area contributed by atoms with Crippen LogP contribution in [-0.2, 0) is 10.2 Å². The number of likely N-dealkylation sites (tertiary alicyclic amines) is 1. The molecule has 4 rings (SSSR count). The number of methoxy groups -OCH3 is 1. The fourth-order valence-electron chi connectivity index (χ4n) is 5.33. The Morgan fingerprint density at radius 3 is 2.80 bits per heavy atom. The van der Waals surface area contributed by atoms with Crippen LogP contribution in [0, 0.1) is 6.92 Å². The van der Waals surface area contributed by atoms with Crippen molar-refractivity contribution in [3.8, 4) is 11.5 Å². The summed E-state index contributed by atoms with van der Waals surface area (Å²) in [5.74, 6) is 0.928. The van der Waals surface area contributed by atoms with Crippen LogP contribution in [0.4, 0.5) is 0 Å². The highest BCUT2D eigenvalue weighted by atomic mass is 16.5. The number of carbonyl (C=O) groups is 1. The van der Waals surface area contributed by atoms with E-state index in [1.54, 1.807) is 7.11 Å². The van der Waals surface area contributed by atoms with Gasteiger partial charge in [0.25, 0.3) is 0 Å². The van der Waals surface area contributed by atoms with Crippen molar-refractivity contribution in [1.82, 2.24) is 4.90 Å². The molecular formula is C19H25NO5. The normalized spacial score (nSPS) is 40.1. The number of piperidine rings is 1. The van der Waals surface area contributed by atoms with Gasteiger partial charge in [-0.3, -0.25) is 4.79 Å². The van der Waals surface area contributed by atoms with Crippen molar-refractivity contribution in [3.05, 3.63) is 23.3 Å². The topological polar surface area (TPSA) is 79.2 Å². The third-order valence-corrected chi connectivity index (χ3v) is 6.75. The first-order valence-corrected chi connectivity index (χ1v) is 8.77. The number of fused-ring (bicyclic) bond motifs is 1. The fourth-order valence-corrected chi connectivity index (χ4v) is 5.33. The number of aryl methyl sites for hydroxylation is 1. The van der Waals surface area contributed by atoms with Crippen molar-refractivity contribution in [1.29, 1.82) is 0 Å². The molecule has 0 radical (unpaired) electrons. The maximum Gasteiger partial charge on any atom is 0.177 e. The van der Waals surface area contributed by atoms with Gasteiger partial charge in [-0.1, -0.05) is 6.07 Å². The van der Waals surface area contributed by atoms with Gasteiger partial charge in [0.05, 0.1) is 18.6 Å². The average molecular weight is 347 g/mol. The molecule has 6 nitrogen and oxygen atoms in total. The molecule has 1 aromatic carbocycles. The molecule has 5 atom stereocenters. The molecule has 0 bridgehead atoms. The number of aliphatic hydroxyl groups is 2. The number of aliphatic hydroxyl groups excluding tert-OH is 1. The van der Waals surface area contributed by atoms with Gasteiger partial charge in [0, 0.05) is 18.0 Å². The summed E-state index contributed by atoms with van der Waals surface area (Å²) in [6.07, 6.45) is -1.48. The molecule has 0 aromatic heterocycles. The van der Waals surface area contributed by atoms with Gasteiger partial charge < -0.3 is 24.6 Å². The summed E-state index contributed by atoms with van der Waals surface area (Å²) in [7, 11) is 3.50. The molecule has 1 saturated heterocycles. The second-order valence-corrected chi connectivity index (χ2v) is 7.68. The molecule has 0 amide bonds. The zero-order valence-electron chi connectivity index (χ0n) is 15.1. The number of nitrogens with zero attached hydrogens (tertiary/aromatic N) is 1. The van der Waals surface area contributed by atoms with Crippen molar-refractivity contribution >= 4 is 5.78 Å². The van der Waals surface area contributed by atoms with Crippen molar-refractivity contribution in [2.24, 2.45) is 0 Å². The molecule has 1 aliphatic carbocycles. The number of ketones is 1. The first kappa shape index (κ1) is 16.8. The Bertz CT molecular complexity index is 750. The zero-order chi connectivity index (χ0) is 18.1. The van der Waals surface area contributed by atoms with Gasteiger partial charge >= 0.3 is 0 Å². The molecule has 1 saturated carbocycles. The lowest BCUT2D eigenvalue weighted by Crippen LogP contribution is -2.78. The van der Waals surface area contributed by atoms with Crippen LogP contribution in [0.25, 0.3) is 0 Å². The van der Waals surface area contributed by atoms with Gasteiger partial charge in [-0.2, -0.15) is 0 Å². The summed E-state index contributed by atoms with van der Waals surface area (Å²) in [5.41, 5.74) is -0.676. The molecule has 2 fully saturated rings. The van der Waals surface area contributed by atoms with Crippen LogP contribution in [0.5, 0.6) is 11.5 Å². The van der Waals surface area contributed by atoms with E-state index in [-0.39, 0.29) is 18.2 Å². The zero-order valence-corrected chi connectivity index (χ0v) is 15.1. The van der Waals surface area contributed by atoms with E-state index in [0.29, 0.717) is 24.5 Å². The minimum absolute atomic E-state index is 0.101. The van der Waals surface area contributed by atoms with Gasteiger partial charge in [-0.15, -0.1) is 0 Å². The van der Waals surface area contributed by atoms with E-state index in [4.69, 9.17) is 9.47 Å². The molecule has 1 spiro atoms. The van der Waals surface area contributed by atoms with Crippen LogP contribution in [0.3, 0.4) is 0 Å². The third-order valence-electron chi connectivity index (χ3n) is 6.75. The number of hydrogen-bond donors (Lipinski definition) is 2. The summed E-state index contributed by atoms with van der Waals surface area (Å²) in [6.45, 7) is 4.57. The SMILES string of the molecule is COc1ccc(C)c2c1O[C@H]1C(=O)CC(O)[C@@]3(O)[C@@H](C)N(C)CC[C@]213. The monoisotopic (exact) mass is 347 g/mol. The number of likely N-dealkylation sites (N-methyl/N-ethyl adjacent to an activating group) is 1. The Morgan fingerprint density at radius 1 is 1.40 bits per heavy atom. The van der Waals surface area contributed by atoms with Crippen LogP contribution < -0.4 is 9.47 Å². The largest absolute Gasteiger partial charge is 0.493 e. The molecule has 136 valence electrons. The van der Waals surface area contributed by atoms with Gasteiger partial charge in [0.15, 0.2) is 23.4 Å². The van der Waals surface area contributed by atoms with E-state index >= 15 is 0 Å². The Kier molecular flexibility index (Phi) is 3.49. The molecule has 3 aliphatic rings.